The van der Waals surface area contributed by atoms with Crippen molar-refractivity contribution in [2.24, 2.45) is 0 Å². The van der Waals surface area contributed by atoms with Crippen LogP contribution in [0, 0.1) is 0 Å². The molecule has 5 atom stereocenters. The van der Waals surface area contributed by atoms with Crippen LogP contribution in [-0.4, -0.2) is 96.7 Å². The van der Waals surface area contributed by atoms with E-state index in [9.17, 15) is 43.2 Å². The van der Waals surface area contributed by atoms with Crippen molar-refractivity contribution < 1.29 is 80.2 Å². The Kier molecular flexibility index (Phi) is 66.1. The van der Waals surface area contributed by atoms with E-state index in [1.807, 2.05) is 18.2 Å². The molecule has 3 N–H and O–H groups in total. The highest BCUT2D eigenvalue weighted by Crippen LogP contribution is 2.45. The molecule has 552 valence electrons. The summed E-state index contributed by atoms with van der Waals surface area (Å²) in [6.07, 6.45) is 72.7. The molecular weight excluding hydrogens is 1260 g/mol. The molecule has 19 heteroatoms. The summed E-state index contributed by atoms with van der Waals surface area (Å²) in [6.45, 7) is 4.47. The number of phosphoric ester groups is 2. The van der Waals surface area contributed by atoms with E-state index in [0.29, 0.717) is 25.7 Å². The first-order valence-electron chi connectivity index (χ1n) is 37.1. The summed E-state index contributed by atoms with van der Waals surface area (Å²) in [7, 11) is -9.97. The van der Waals surface area contributed by atoms with Gasteiger partial charge in [-0.15, -0.1) is 0 Å². The Morgan fingerprint density at radius 3 is 0.969 bits per heavy atom. The van der Waals surface area contributed by atoms with Crippen LogP contribution >= 0.6 is 15.6 Å². The molecule has 0 saturated carbocycles. The fourth-order valence-electron chi connectivity index (χ4n) is 9.64. The Balaban J connectivity index is 5.39. The summed E-state index contributed by atoms with van der Waals surface area (Å²) < 4.78 is 68.2. The van der Waals surface area contributed by atoms with Gasteiger partial charge in [0.1, 0.15) is 19.3 Å². The summed E-state index contributed by atoms with van der Waals surface area (Å²) in [5, 5.41) is 10.6. The van der Waals surface area contributed by atoms with Crippen LogP contribution in [0.1, 0.15) is 297 Å². The van der Waals surface area contributed by atoms with Crippen LogP contribution in [0.25, 0.3) is 0 Å². The first-order valence-corrected chi connectivity index (χ1v) is 40.1. The topological polar surface area (TPSA) is 237 Å². The second-order valence-electron chi connectivity index (χ2n) is 24.5. The van der Waals surface area contributed by atoms with Gasteiger partial charge in [-0.1, -0.05) is 278 Å². The Bertz CT molecular complexity index is 2250. The lowest BCUT2D eigenvalue weighted by Crippen LogP contribution is -2.30. The number of hydrogen-bond donors (Lipinski definition) is 3. The molecule has 0 aromatic carbocycles. The molecule has 0 spiro atoms. The SMILES string of the molecule is CC/C=C\C/C=C\C/C=C\C/C=C\C/C=C\CC(=O)OCC(COP(=O)(O)OCC(O)COP(=O)(O)OCC(COC(=O)CCCCCCC/C=C\C/C=C\C/C=C\CC)OC(=O)CCCCCCC/C=C\CCCC)OC(=O)CCCCCCCCCCCCCCCCC. The third-order valence-electron chi connectivity index (χ3n) is 15.3. The number of carbonyl (C=O) groups excluding carboxylic acids is 4. The average molecular weight is 1390 g/mol. The van der Waals surface area contributed by atoms with E-state index >= 15 is 0 Å². The number of rotatable bonds is 69. The van der Waals surface area contributed by atoms with Crippen molar-refractivity contribution in [3.8, 4) is 0 Å². The fourth-order valence-corrected chi connectivity index (χ4v) is 11.2. The maximum atomic E-state index is 13.1. The Labute approximate surface area is 581 Å². The van der Waals surface area contributed by atoms with Gasteiger partial charge in [0.2, 0.25) is 0 Å². The molecule has 17 nitrogen and oxygen atoms in total. The lowest BCUT2D eigenvalue weighted by atomic mass is 10.0. The summed E-state index contributed by atoms with van der Waals surface area (Å²) >= 11 is 0. The van der Waals surface area contributed by atoms with Crippen molar-refractivity contribution in [2.75, 3.05) is 39.6 Å². The van der Waals surface area contributed by atoms with E-state index in [1.54, 1.807) is 6.08 Å². The van der Waals surface area contributed by atoms with Gasteiger partial charge in [-0.25, -0.2) is 9.13 Å². The highest BCUT2D eigenvalue weighted by molar-refractivity contribution is 7.47. The highest BCUT2D eigenvalue weighted by atomic mass is 31.2. The Morgan fingerprint density at radius 1 is 0.312 bits per heavy atom. The average Bonchev–Trinajstić information content (AvgIpc) is 1.09. The summed E-state index contributed by atoms with van der Waals surface area (Å²) in [5.74, 6) is -2.34. The van der Waals surface area contributed by atoms with Crippen molar-refractivity contribution in [3.05, 3.63) is 109 Å². The molecule has 96 heavy (non-hydrogen) atoms. The number of esters is 4. The Morgan fingerprint density at radius 2 is 0.594 bits per heavy atom. The first-order chi connectivity index (χ1) is 46.7. The standard InChI is InChI=1S/C77H132O17P2/c1-5-9-13-17-21-25-29-32-35-38-42-45-49-53-57-61-74(79)87-67-72(93-76(81)63-59-55-51-47-41-28-24-20-16-12-8-4)69-91-95(83,84)89-65-71(78)66-90-96(85,86)92-70-73(94-77(82)64-60-56-52-48-44-40-37-34-31-27-23-19-15-11-7-3)68-88-75(80)62-58-54-50-46-43-39-36-33-30-26-22-18-14-10-6-2/h9-10,13-14,20-22,24-26,32-33,35-36,43,46,54,58,71-73,78H,5-8,11-12,15-19,23,27-31,34,37-42,44-45,47-53,55-57,59-70H2,1-4H3,(H,83,84)(H,85,86)/b13-9-,14-10-,24-20-,25-21-,26-22-,35-32-,36-33-,46-43-,58-54-. The predicted molar refractivity (Wildman–Crippen MR) is 390 cm³/mol. The van der Waals surface area contributed by atoms with Gasteiger partial charge in [0.15, 0.2) is 12.2 Å². The second-order valence-corrected chi connectivity index (χ2v) is 27.4. The number of ether oxygens (including phenoxy) is 4. The lowest BCUT2D eigenvalue weighted by molar-refractivity contribution is -0.161. The highest BCUT2D eigenvalue weighted by Gasteiger charge is 2.30. The van der Waals surface area contributed by atoms with Gasteiger partial charge >= 0.3 is 39.5 Å². The molecule has 0 aromatic heterocycles. The van der Waals surface area contributed by atoms with Crippen molar-refractivity contribution >= 4 is 39.5 Å². The molecule has 0 saturated heterocycles. The minimum Gasteiger partial charge on any atom is -0.462 e. The maximum Gasteiger partial charge on any atom is 0.472 e. The van der Waals surface area contributed by atoms with E-state index < -0.39 is 97.5 Å². The fraction of sp³-hybridized carbons (Fsp3) is 0.714. The van der Waals surface area contributed by atoms with Gasteiger partial charge in [-0.3, -0.25) is 37.3 Å². The largest absolute Gasteiger partial charge is 0.472 e. The minimum absolute atomic E-state index is 0.0697. The van der Waals surface area contributed by atoms with Gasteiger partial charge in [0, 0.05) is 19.3 Å². The normalized spacial score (nSPS) is 14.6. The second kappa shape index (κ2) is 69.2. The number of hydrogen-bond acceptors (Lipinski definition) is 15. The van der Waals surface area contributed by atoms with Crippen LogP contribution in [-0.2, 0) is 65.4 Å². The molecule has 0 aromatic rings. The third-order valence-corrected chi connectivity index (χ3v) is 17.2. The first kappa shape index (κ1) is 91.7. The van der Waals surface area contributed by atoms with Crippen LogP contribution in [0.3, 0.4) is 0 Å². The number of carbonyl (C=O) groups is 4. The van der Waals surface area contributed by atoms with Gasteiger partial charge in [-0.05, 0) is 103 Å². The van der Waals surface area contributed by atoms with E-state index in [2.05, 4.69) is 113 Å². The molecule has 0 aliphatic heterocycles. The molecule has 5 unspecified atom stereocenters. The van der Waals surface area contributed by atoms with Crippen LogP contribution < -0.4 is 0 Å². The molecular formula is C77H132O17P2. The zero-order chi connectivity index (χ0) is 70.4. The molecule has 0 radical (unpaired) electrons. The number of allylic oxidation sites excluding steroid dienone is 17. The van der Waals surface area contributed by atoms with Crippen molar-refractivity contribution in [3.63, 3.8) is 0 Å². The van der Waals surface area contributed by atoms with Crippen molar-refractivity contribution in [1.82, 2.24) is 0 Å². The van der Waals surface area contributed by atoms with Gasteiger partial charge in [-0.2, -0.15) is 0 Å². The van der Waals surface area contributed by atoms with Gasteiger partial charge in [0.25, 0.3) is 0 Å². The number of aliphatic hydroxyl groups excluding tert-OH is 1. The molecule has 0 aliphatic carbocycles. The van der Waals surface area contributed by atoms with Crippen molar-refractivity contribution in [1.29, 1.82) is 0 Å². The van der Waals surface area contributed by atoms with Crippen molar-refractivity contribution in [2.45, 2.75) is 316 Å². The molecule has 0 heterocycles. The third kappa shape index (κ3) is 68.3. The van der Waals surface area contributed by atoms with E-state index in [1.165, 1.54) is 77.0 Å². The molecule has 0 amide bonds. The van der Waals surface area contributed by atoms with Gasteiger partial charge in [0.05, 0.1) is 32.8 Å². The lowest BCUT2D eigenvalue weighted by Gasteiger charge is -2.21. The predicted octanol–water partition coefficient (Wildman–Crippen LogP) is 21.0. The summed E-state index contributed by atoms with van der Waals surface area (Å²) in [6, 6.07) is 0. The molecule has 0 bridgehead atoms. The monoisotopic (exact) mass is 1390 g/mol. The molecule has 0 fully saturated rings. The maximum absolute atomic E-state index is 13.1. The minimum atomic E-state index is -4.99. The summed E-state index contributed by atoms with van der Waals surface area (Å²) in [4.78, 5) is 72.6. The Hall–Kier alpha value is -4.28. The quantitative estimate of drug-likeness (QED) is 0.0169. The van der Waals surface area contributed by atoms with Crippen LogP contribution in [0.5, 0.6) is 0 Å². The number of unbranched alkanes of at least 4 members (excludes halogenated alkanes) is 26. The summed E-state index contributed by atoms with van der Waals surface area (Å²) in [5.41, 5.74) is 0. The number of phosphoric acid groups is 2. The van der Waals surface area contributed by atoms with E-state index in [0.717, 1.165) is 141 Å². The number of aliphatic hydroxyl groups is 1. The zero-order valence-corrected chi connectivity index (χ0v) is 61.8. The van der Waals surface area contributed by atoms with E-state index in [-0.39, 0.29) is 25.7 Å². The van der Waals surface area contributed by atoms with Crippen LogP contribution in [0.2, 0.25) is 0 Å². The van der Waals surface area contributed by atoms with E-state index in [4.69, 9.17) is 37.0 Å². The smallest absolute Gasteiger partial charge is 0.462 e. The van der Waals surface area contributed by atoms with Gasteiger partial charge < -0.3 is 33.8 Å². The van der Waals surface area contributed by atoms with Crippen LogP contribution in [0.15, 0.2) is 109 Å². The van der Waals surface area contributed by atoms with Crippen LogP contribution in [0.4, 0.5) is 0 Å². The molecule has 0 aliphatic rings. The molecule has 0 rings (SSSR count). The zero-order valence-electron chi connectivity index (χ0n) is 60.0.